The fourth-order valence-electron chi connectivity index (χ4n) is 2.75. The third kappa shape index (κ3) is 6.57. The number of benzene rings is 2. The van der Waals surface area contributed by atoms with Crippen LogP contribution in [0.4, 0.5) is 11.4 Å². The van der Waals surface area contributed by atoms with Crippen molar-refractivity contribution in [1.82, 2.24) is 0 Å². The lowest BCUT2D eigenvalue weighted by molar-refractivity contribution is -0.117. The highest BCUT2D eigenvalue weighted by atomic mass is 35.5. The van der Waals surface area contributed by atoms with Crippen LogP contribution >= 0.6 is 23.2 Å². The van der Waals surface area contributed by atoms with Gasteiger partial charge in [0.1, 0.15) is 23.0 Å². The summed E-state index contributed by atoms with van der Waals surface area (Å²) in [7, 11) is 5.89. The molecule has 31 heavy (non-hydrogen) atoms. The Morgan fingerprint density at radius 3 is 1.35 bits per heavy atom. The van der Waals surface area contributed by atoms with Crippen LogP contribution in [-0.4, -0.2) is 40.3 Å². The molecule has 2 aromatic carbocycles. The van der Waals surface area contributed by atoms with Crippen molar-refractivity contribution in [2.75, 3.05) is 39.1 Å². The van der Waals surface area contributed by atoms with E-state index in [0.29, 0.717) is 50.8 Å². The average molecular weight is 471 g/mol. The van der Waals surface area contributed by atoms with Gasteiger partial charge in [-0.2, -0.15) is 0 Å². The maximum atomic E-state index is 12.3. The number of carbonyl (C=O) groups is 2. The van der Waals surface area contributed by atoms with Crippen molar-refractivity contribution in [1.29, 1.82) is 0 Å². The number of anilines is 2. The zero-order valence-corrected chi connectivity index (χ0v) is 19.1. The Bertz CT molecular complexity index is 876. The summed E-state index contributed by atoms with van der Waals surface area (Å²) in [6, 6.07) is 6.26. The molecule has 0 aliphatic heterocycles. The molecule has 0 unspecified atom stereocenters. The second kappa shape index (κ2) is 11.5. The van der Waals surface area contributed by atoms with E-state index in [4.69, 9.17) is 42.1 Å². The number of hydrogen-bond acceptors (Lipinski definition) is 6. The molecule has 0 aliphatic carbocycles. The number of methoxy groups -OCH3 is 4. The van der Waals surface area contributed by atoms with Crippen LogP contribution in [-0.2, 0) is 9.59 Å². The molecule has 8 nitrogen and oxygen atoms in total. The summed E-state index contributed by atoms with van der Waals surface area (Å²) in [6.45, 7) is 0. The lowest BCUT2D eigenvalue weighted by atomic mass is 10.2. The molecule has 0 heterocycles. The molecule has 0 atom stereocenters. The summed E-state index contributed by atoms with van der Waals surface area (Å²) in [5.74, 6) is 1.07. The lowest BCUT2D eigenvalue weighted by Crippen LogP contribution is -2.15. The summed E-state index contributed by atoms with van der Waals surface area (Å²) in [5.41, 5.74) is 0.854. The maximum Gasteiger partial charge on any atom is 0.224 e. The highest BCUT2D eigenvalue weighted by molar-refractivity contribution is 6.32. The highest BCUT2D eigenvalue weighted by Crippen LogP contribution is 2.37. The van der Waals surface area contributed by atoms with E-state index in [1.165, 1.54) is 28.4 Å². The fraction of sp³-hybridized carbons (Fsp3) is 0.333. The third-order valence-electron chi connectivity index (χ3n) is 4.30. The van der Waals surface area contributed by atoms with Crippen LogP contribution in [0.15, 0.2) is 24.3 Å². The van der Waals surface area contributed by atoms with Gasteiger partial charge in [0, 0.05) is 37.1 Å². The molecular formula is C21H24Cl2N2O6. The molecule has 0 saturated heterocycles. The molecule has 0 spiro atoms. The van der Waals surface area contributed by atoms with E-state index in [1.807, 2.05) is 0 Å². The van der Waals surface area contributed by atoms with Gasteiger partial charge in [0.2, 0.25) is 11.8 Å². The van der Waals surface area contributed by atoms with Gasteiger partial charge in [0.25, 0.3) is 0 Å². The smallest absolute Gasteiger partial charge is 0.224 e. The topological polar surface area (TPSA) is 95.1 Å². The first-order chi connectivity index (χ1) is 14.8. The van der Waals surface area contributed by atoms with Gasteiger partial charge in [0.15, 0.2) is 0 Å². The van der Waals surface area contributed by atoms with Gasteiger partial charge >= 0.3 is 0 Å². The molecule has 0 fully saturated rings. The minimum Gasteiger partial charge on any atom is -0.495 e. The molecule has 0 bridgehead atoms. The van der Waals surface area contributed by atoms with Crippen molar-refractivity contribution in [2.45, 2.75) is 19.3 Å². The number of carbonyl (C=O) groups excluding carboxylic acids is 2. The van der Waals surface area contributed by atoms with Gasteiger partial charge in [0.05, 0.1) is 49.9 Å². The Morgan fingerprint density at radius 1 is 0.677 bits per heavy atom. The minimum atomic E-state index is -0.277. The zero-order chi connectivity index (χ0) is 23.0. The van der Waals surface area contributed by atoms with Crippen LogP contribution in [0.5, 0.6) is 23.0 Å². The predicted molar refractivity (Wildman–Crippen MR) is 120 cm³/mol. The standard InChI is InChI=1S/C21H24Cl2N2O6/c1-28-16-10-14(18(30-3)8-12(16)22)24-20(26)6-5-7-21(27)25-15-11-17(29-2)13(23)9-19(15)31-4/h8-11H,5-7H2,1-4H3,(H,24,26)(H,25,27). The van der Waals surface area contributed by atoms with E-state index in [9.17, 15) is 9.59 Å². The van der Waals surface area contributed by atoms with E-state index in [0.717, 1.165) is 0 Å². The molecule has 0 aliphatic rings. The molecule has 2 aromatic rings. The maximum absolute atomic E-state index is 12.3. The Kier molecular flexibility index (Phi) is 9.08. The average Bonchev–Trinajstić information content (AvgIpc) is 2.75. The number of halogens is 2. The van der Waals surface area contributed by atoms with Crippen LogP contribution in [0, 0.1) is 0 Å². The van der Waals surface area contributed by atoms with Gasteiger partial charge in [-0.1, -0.05) is 23.2 Å². The van der Waals surface area contributed by atoms with Crippen molar-refractivity contribution >= 4 is 46.4 Å². The van der Waals surface area contributed by atoms with Gasteiger partial charge in [-0.05, 0) is 6.42 Å². The van der Waals surface area contributed by atoms with E-state index in [1.54, 1.807) is 24.3 Å². The number of nitrogens with one attached hydrogen (secondary N) is 2. The normalized spacial score (nSPS) is 10.3. The highest BCUT2D eigenvalue weighted by Gasteiger charge is 2.15. The van der Waals surface area contributed by atoms with Gasteiger partial charge < -0.3 is 29.6 Å². The first-order valence-electron chi connectivity index (χ1n) is 9.25. The van der Waals surface area contributed by atoms with E-state index >= 15 is 0 Å². The molecule has 0 aromatic heterocycles. The zero-order valence-electron chi connectivity index (χ0n) is 17.6. The number of ether oxygens (including phenoxy) is 4. The molecular weight excluding hydrogens is 447 g/mol. The van der Waals surface area contributed by atoms with Crippen LogP contribution in [0.2, 0.25) is 10.0 Å². The molecule has 2 amide bonds. The van der Waals surface area contributed by atoms with Crippen LogP contribution in [0.25, 0.3) is 0 Å². The second-order valence-electron chi connectivity index (χ2n) is 6.32. The van der Waals surface area contributed by atoms with E-state index < -0.39 is 0 Å². The van der Waals surface area contributed by atoms with Crippen LogP contribution < -0.4 is 29.6 Å². The summed E-state index contributed by atoms with van der Waals surface area (Å²) in [4.78, 5) is 24.6. The number of hydrogen-bond donors (Lipinski definition) is 2. The summed E-state index contributed by atoms with van der Waals surface area (Å²) in [5, 5.41) is 6.21. The van der Waals surface area contributed by atoms with Crippen LogP contribution in [0.3, 0.4) is 0 Å². The fourth-order valence-corrected chi connectivity index (χ4v) is 3.21. The van der Waals surface area contributed by atoms with Crippen molar-refractivity contribution in [3.63, 3.8) is 0 Å². The monoisotopic (exact) mass is 470 g/mol. The van der Waals surface area contributed by atoms with Crippen molar-refractivity contribution in [2.24, 2.45) is 0 Å². The molecule has 0 radical (unpaired) electrons. The molecule has 2 rings (SSSR count). The summed E-state index contributed by atoms with van der Waals surface area (Å²) >= 11 is 12.1. The lowest BCUT2D eigenvalue weighted by Gasteiger charge is -2.14. The van der Waals surface area contributed by atoms with Crippen molar-refractivity contribution in [3.8, 4) is 23.0 Å². The Labute approximate surface area is 190 Å². The minimum absolute atomic E-state index is 0.128. The molecule has 10 heteroatoms. The third-order valence-corrected chi connectivity index (χ3v) is 4.89. The molecule has 0 saturated carbocycles. The van der Waals surface area contributed by atoms with Gasteiger partial charge in [-0.25, -0.2) is 0 Å². The quantitative estimate of drug-likeness (QED) is 0.518. The number of rotatable bonds is 10. The van der Waals surface area contributed by atoms with Gasteiger partial charge in [-0.3, -0.25) is 9.59 Å². The van der Waals surface area contributed by atoms with Gasteiger partial charge in [-0.15, -0.1) is 0 Å². The predicted octanol–water partition coefficient (Wildman–Crippen LogP) is 4.78. The van der Waals surface area contributed by atoms with E-state index in [-0.39, 0.29) is 24.7 Å². The van der Waals surface area contributed by atoms with Crippen LogP contribution in [0.1, 0.15) is 19.3 Å². The second-order valence-corrected chi connectivity index (χ2v) is 7.14. The molecule has 2 N–H and O–H groups in total. The van der Waals surface area contributed by atoms with E-state index in [2.05, 4.69) is 10.6 Å². The van der Waals surface area contributed by atoms with Crippen molar-refractivity contribution in [3.05, 3.63) is 34.3 Å². The Balaban J connectivity index is 1.93. The molecule has 168 valence electrons. The Morgan fingerprint density at radius 2 is 1.03 bits per heavy atom. The first kappa shape index (κ1) is 24.4. The van der Waals surface area contributed by atoms with Crippen molar-refractivity contribution < 1.29 is 28.5 Å². The number of amides is 2. The largest absolute Gasteiger partial charge is 0.495 e. The SMILES string of the molecule is COc1cc(NC(=O)CCCC(=O)Nc2cc(OC)c(Cl)cc2OC)c(OC)cc1Cl. The first-order valence-corrected chi connectivity index (χ1v) is 10.0. The summed E-state index contributed by atoms with van der Waals surface area (Å²) in [6.07, 6.45) is 0.586. The Hall–Kier alpha value is -2.84. The summed E-state index contributed by atoms with van der Waals surface area (Å²) < 4.78 is 20.8.